The zero-order valence-electron chi connectivity index (χ0n) is 9.40. The lowest BCUT2D eigenvalue weighted by atomic mass is 10.1. The maximum atomic E-state index is 11.7. The van der Waals surface area contributed by atoms with Crippen molar-refractivity contribution < 1.29 is 22.7 Å². The number of unbranched alkanes of at least 4 members (excludes halogenated alkanes) is 3. The zero-order chi connectivity index (χ0) is 12.6. The molecule has 0 aromatic carbocycles. The lowest BCUT2D eigenvalue weighted by molar-refractivity contribution is -0.183. The maximum absolute atomic E-state index is 11.7. The van der Waals surface area contributed by atoms with Gasteiger partial charge in [0.25, 0.3) is 0 Å². The van der Waals surface area contributed by atoms with Gasteiger partial charge in [0.2, 0.25) is 0 Å². The van der Waals surface area contributed by atoms with Crippen molar-refractivity contribution in [3.8, 4) is 0 Å². The van der Waals surface area contributed by atoms with Crippen LogP contribution >= 0.6 is 0 Å². The van der Waals surface area contributed by atoms with Crippen LogP contribution in [0, 0.1) is 0 Å². The first-order chi connectivity index (χ1) is 7.37. The van der Waals surface area contributed by atoms with E-state index in [4.69, 9.17) is 0 Å². The smallest absolute Gasteiger partial charge is 0.422 e. The fraction of sp³-hybridized carbons (Fsp3) is 0.727. The van der Waals surface area contributed by atoms with Crippen LogP contribution in [0.25, 0.3) is 0 Å². The molecule has 5 heteroatoms. The third-order valence-electron chi connectivity index (χ3n) is 1.99. The summed E-state index contributed by atoms with van der Waals surface area (Å²) in [6.45, 7) is 3.92. The Balaban J connectivity index is 3.70. The van der Waals surface area contributed by atoms with Crippen LogP contribution in [0.2, 0.25) is 0 Å². The number of ether oxygens (including phenoxy) is 1. The molecule has 0 saturated carbocycles. The topological polar surface area (TPSA) is 26.3 Å². The summed E-state index contributed by atoms with van der Waals surface area (Å²) in [4.78, 5) is 11.0. The number of esters is 1. The summed E-state index contributed by atoms with van der Waals surface area (Å²) in [5.74, 6) is -0.950. The molecule has 0 aromatic heterocycles. The molecule has 0 saturated heterocycles. The Bertz CT molecular complexity index is 234. The maximum Gasteiger partial charge on any atom is 0.422 e. The van der Waals surface area contributed by atoms with Crippen LogP contribution in [0.5, 0.6) is 0 Å². The number of halogens is 3. The molecule has 0 heterocycles. The second kappa shape index (κ2) is 7.30. The molecule has 0 aliphatic carbocycles. The largest absolute Gasteiger partial charge is 0.453 e. The van der Waals surface area contributed by atoms with Crippen molar-refractivity contribution in [2.24, 2.45) is 0 Å². The lowest BCUT2D eigenvalue weighted by Gasteiger charge is -2.09. The average molecular weight is 238 g/mol. The fourth-order valence-corrected chi connectivity index (χ4v) is 1.12. The van der Waals surface area contributed by atoms with Gasteiger partial charge in [0, 0.05) is 5.57 Å². The first kappa shape index (κ1) is 15.0. The highest BCUT2D eigenvalue weighted by molar-refractivity contribution is 5.87. The molecule has 0 aromatic rings. The van der Waals surface area contributed by atoms with Crippen molar-refractivity contribution in [3.63, 3.8) is 0 Å². The zero-order valence-corrected chi connectivity index (χ0v) is 9.40. The Kier molecular flexibility index (Phi) is 6.85. The molecule has 0 fully saturated rings. The highest BCUT2D eigenvalue weighted by Crippen LogP contribution is 2.16. The van der Waals surface area contributed by atoms with Gasteiger partial charge >= 0.3 is 12.1 Å². The molecule has 2 nitrogen and oxygen atoms in total. The second-order valence-corrected chi connectivity index (χ2v) is 3.61. The predicted octanol–water partition coefficient (Wildman–Crippen LogP) is 3.62. The number of alkyl halides is 3. The minimum Gasteiger partial charge on any atom is -0.453 e. The van der Waals surface area contributed by atoms with Crippen molar-refractivity contribution in [2.45, 2.75) is 45.2 Å². The van der Waals surface area contributed by atoms with Gasteiger partial charge in [-0.05, 0) is 12.8 Å². The summed E-state index contributed by atoms with van der Waals surface area (Å²) in [5, 5.41) is 0. The molecule has 0 N–H and O–H groups in total. The molecule has 0 aliphatic heterocycles. The molecule has 0 amide bonds. The molecule has 0 atom stereocenters. The van der Waals surface area contributed by atoms with Gasteiger partial charge in [-0.15, -0.1) is 0 Å². The van der Waals surface area contributed by atoms with Crippen molar-refractivity contribution in [1.82, 2.24) is 0 Å². The monoisotopic (exact) mass is 238 g/mol. The highest BCUT2D eigenvalue weighted by Gasteiger charge is 2.29. The van der Waals surface area contributed by atoms with Gasteiger partial charge in [-0.1, -0.05) is 32.8 Å². The molecule has 0 aliphatic rings. The van der Waals surface area contributed by atoms with Crippen LogP contribution in [0.15, 0.2) is 12.2 Å². The molecule has 16 heavy (non-hydrogen) atoms. The van der Waals surface area contributed by atoms with Crippen molar-refractivity contribution in [1.29, 1.82) is 0 Å². The van der Waals surface area contributed by atoms with E-state index >= 15 is 0 Å². The Hall–Kier alpha value is -1.00. The lowest BCUT2D eigenvalue weighted by Crippen LogP contribution is -2.21. The summed E-state index contributed by atoms with van der Waals surface area (Å²) < 4.78 is 39.2. The van der Waals surface area contributed by atoms with Crippen LogP contribution in [0.4, 0.5) is 13.2 Å². The number of hydrogen-bond donors (Lipinski definition) is 0. The van der Waals surface area contributed by atoms with E-state index in [2.05, 4.69) is 11.3 Å². The van der Waals surface area contributed by atoms with Gasteiger partial charge in [0.05, 0.1) is 0 Å². The van der Waals surface area contributed by atoms with E-state index in [1.54, 1.807) is 0 Å². The highest BCUT2D eigenvalue weighted by atomic mass is 19.4. The first-order valence-electron chi connectivity index (χ1n) is 5.28. The number of carbonyl (C=O) groups excluding carboxylic acids is 1. The number of hydrogen-bond acceptors (Lipinski definition) is 2. The van der Waals surface area contributed by atoms with Gasteiger partial charge in [0.15, 0.2) is 6.61 Å². The molecular weight excluding hydrogens is 221 g/mol. The SMILES string of the molecule is C=C(CCCCCC)C(=O)OCC(F)(F)F. The molecule has 0 spiro atoms. The molecule has 0 bridgehead atoms. The van der Waals surface area contributed by atoms with Crippen molar-refractivity contribution in [3.05, 3.63) is 12.2 Å². The molecule has 0 radical (unpaired) electrons. The quantitative estimate of drug-likeness (QED) is 0.384. The Morgan fingerprint density at radius 2 is 1.88 bits per heavy atom. The Labute approximate surface area is 93.5 Å². The van der Waals surface area contributed by atoms with Crippen LogP contribution < -0.4 is 0 Å². The molecule has 94 valence electrons. The third-order valence-corrected chi connectivity index (χ3v) is 1.99. The van der Waals surface area contributed by atoms with Gasteiger partial charge in [-0.3, -0.25) is 0 Å². The van der Waals surface area contributed by atoms with Crippen LogP contribution in [-0.2, 0) is 9.53 Å². The summed E-state index contributed by atoms with van der Waals surface area (Å²) >= 11 is 0. The Morgan fingerprint density at radius 1 is 1.25 bits per heavy atom. The van der Waals surface area contributed by atoms with Gasteiger partial charge < -0.3 is 4.74 Å². The Morgan fingerprint density at radius 3 is 2.38 bits per heavy atom. The van der Waals surface area contributed by atoms with Crippen molar-refractivity contribution >= 4 is 5.97 Å². The predicted molar refractivity (Wildman–Crippen MR) is 54.9 cm³/mol. The van der Waals surface area contributed by atoms with E-state index in [1.807, 2.05) is 6.92 Å². The number of rotatable bonds is 7. The molecular formula is C11H17F3O2. The fourth-order valence-electron chi connectivity index (χ4n) is 1.12. The van der Waals surface area contributed by atoms with Gasteiger partial charge in [0.1, 0.15) is 0 Å². The average Bonchev–Trinajstić information content (AvgIpc) is 2.19. The van der Waals surface area contributed by atoms with E-state index in [-0.39, 0.29) is 5.57 Å². The van der Waals surface area contributed by atoms with Gasteiger partial charge in [-0.2, -0.15) is 13.2 Å². The summed E-state index contributed by atoms with van der Waals surface area (Å²) in [6.07, 6.45) is -0.263. The van der Waals surface area contributed by atoms with Crippen LogP contribution in [0.3, 0.4) is 0 Å². The van der Waals surface area contributed by atoms with E-state index in [1.165, 1.54) is 0 Å². The van der Waals surface area contributed by atoms with E-state index in [9.17, 15) is 18.0 Å². The summed E-state index contributed by atoms with van der Waals surface area (Å²) in [5.41, 5.74) is 0.111. The second-order valence-electron chi connectivity index (χ2n) is 3.61. The first-order valence-corrected chi connectivity index (χ1v) is 5.28. The minimum atomic E-state index is -4.47. The van der Waals surface area contributed by atoms with E-state index in [0.29, 0.717) is 6.42 Å². The number of carbonyl (C=O) groups is 1. The standard InChI is InChI=1S/C11H17F3O2/c1-3-4-5-6-7-9(2)10(15)16-8-11(12,13)14/h2-8H2,1H3. The molecule has 0 rings (SSSR count). The summed E-state index contributed by atoms with van der Waals surface area (Å²) in [7, 11) is 0. The van der Waals surface area contributed by atoms with Crippen LogP contribution in [-0.4, -0.2) is 18.8 Å². The van der Waals surface area contributed by atoms with E-state index in [0.717, 1.165) is 25.7 Å². The van der Waals surface area contributed by atoms with Gasteiger partial charge in [-0.25, -0.2) is 4.79 Å². The van der Waals surface area contributed by atoms with Crippen LogP contribution in [0.1, 0.15) is 39.0 Å². The van der Waals surface area contributed by atoms with E-state index < -0.39 is 18.8 Å². The third kappa shape index (κ3) is 8.32. The molecule has 0 unspecified atom stereocenters. The van der Waals surface area contributed by atoms with Crippen molar-refractivity contribution in [2.75, 3.05) is 6.61 Å². The summed E-state index contributed by atoms with van der Waals surface area (Å²) in [6, 6.07) is 0. The normalized spacial score (nSPS) is 11.2. The minimum absolute atomic E-state index is 0.111.